The number of hydrogen-bond donors (Lipinski definition) is 3. The summed E-state index contributed by atoms with van der Waals surface area (Å²) in [6.45, 7) is 0.631. The molecule has 1 aliphatic rings. The number of benzene rings is 2. The lowest BCUT2D eigenvalue weighted by molar-refractivity contribution is -0.126. The highest BCUT2D eigenvalue weighted by molar-refractivity contribution is 9.10. The topological polar surface area (TPSA) is 106 Å². The molecule has 3 rings (SSSR count). The molecule has 0 spiro atoms. The fourth-order valence-corrected chi connectivity index (χ4v) is 3.35. The summed E-state index contributed by atoms with van der Waals surface area (Å²) in [5.74, 6) is 6.10. The summed E-state index contributed by atoms with van der Waals surface area (Å²) in [7, 11) is 0. The molecule has 2 aromatic carbocycles. The summed E-state index contributed by atoms with van der Waals surface area (Å²) in [6, 6.07) is 14.9. The fourth-order valence-electron chi connectivity index (χ4n) is 2.92. The van der Waals surface area contributed by atoms with E-state index >= 15 is 0 Å². The highest BCUT2D eigenvalue weighted by atomic mass is 79.9. The Bertz CT molecular complexity index is 857. The molecule has 4 N–H and O–H groups in total. The standard InChI is InChI=1S/C20H22BrN3O4/c21-17-5-2-1-4-15(17)12-20(19(26)24-22)13-28-18(23-20)14-6-8-16(9-7-14)27-11-3-10-25/h1-2,4-9,25H,3,10-13,22H2,(H,24,26)/t20-/m0/s1. The third-order valence-corrected chi connectivity index (χ3v) is 5.20. The van der Waals surface area contributed by atoms with Crippen molar-refractivity contribution in [1.29, 1.82) is 0 Å². The van der Waals surface area contributed by atoms with Crippen LogP contribution < -0.4 is 16.0 Å². The van der Waals surface area contributed by atoms with Crippen LogP contribution in [0.4, 0.5) is 0 Å². The number of rotatable bonds is 8. The minimum Gasteiger partial charge on any atom is -0.494 e. The summed E-state index contributed by atoms with van der Waals surface area (Å²) >= 11 is 3.51. The Kier molecular flexibility index (Phi) is 6.66. The molecular weight excluding hydrogens is 426 g/mol. The van der Waals surface area contributed by atoms with Gasteiger partial charge in [0.1, 0.15) is 12.4 Å². The Morgan fingerprint density at radius 2 is 2.04 bits per heavy atom. The molecule has 1 heterocycles. The van der Waals surface area contributed by atoms with Crippen LogP contribution in [-0.2, 0) is 16.0 Å². The van der Waals surface area contributed by atoms with Gasteiger partial charge in [-0.3, -0.25) is 10.2 Å². The van der Waals surface area contributed by atoms with E-state index in [2.05, 4.69) is 26.3 Å². The molecule has 0 saturated heterocycles. The van der Waals surface area contributed by atoms with Crippen LogP contribution in [0.25, 0.3) is 0 Å². The van der Waals surface area contributed by atoms with Crippen molar-refractivity contribution in [2.24, 2.45) is 10.8 Å². The largest absolute Gasteiger partial charge is 0.494 e. The number of hydrazine groups is 1. The Hall–Kier alpha value is -2.42. The van der Waals surface area contributed by atoms with Crippen molar-refractivity contribution in [3.8, 4) is 5.75 Å². The SMILES string of the molecule is NNC(=O)[C@]1(Cc2ccccc2Br)COC(c2ccc(OCCCO)cc2)=N1. The maximum Gasteiger partial charge on any atom is 0.265 e. The number of ether oxygens (including phenoxy) is 2. The highest BCUT2D eigenvalue weighted by Crippen LogP contribution is 2.30. The molecule has 0 radical (unpaired) electrons. The molecule has 8 heteroatoms. The zero-order valence-corrected chi connectivity index (χ0v) is 16.8. The molecule has 0 aliphatic carbocycles. The first-order valence-corrected chi connectivity index (χ1v) is 9.68. The minimum atomic E-state index is -1.13. The number of aliphatic imine (C=N–C) groups is 1. The number of aliphatic hydroxyl groups excluding tert-OH is 1. The lowest BCUT2D eigenvalue weighted by Crippen LogP contribution is -2.50. The van der Waals surface area contributed by atoms with Crippen LogP contribution in [0.3, 0.4) is 0 Å². The van der Waals surface area contributed by atoms with Crippen LogP contribution in [0.5, 0.6) is 5.75 Å². The van der Waals surface area contributed by atoms with E-state index < -0.39 is 11.4 Å². The van der Waals surface area contributed by atoms with Gasteiger partial charge in [0.25, 0.3) is 5.91 Å². The maximum atomic E-state index is 12.6. The van der Waals surface area contributed by atoms with Gasteiger partial charge in [0.15, 0.2) is 5.54 Å². The molecule has 0 saturated carbocycles. The molecule has 0 unspecified atom stereocenters. The van der Waals surface area contributed by atoms with E-state index in [1.807, 2.05) is 36.4 Å². The van der Waals surface area contributed by atoms with Gasteiger partial charge in [-0.2, -0.15) is 0 Å². The lowest BCUT2D eigenvalue weighted by atomic mass is 9.91. The molecule has 0 bridgehead atoms. The summed E-state index contributed by atoms with van der Waals surface area (Å²) in [4.78, 5) is 17.2. The average Bonchev–Trinajstić information content (AvgIpc) is 3.15. The Balaban J connectivity index is 1.82. The van der Waals surface area contributed by atoms with Crippen molar-refractivity contribution in [3.63, 3.8) is 0 Å². The van der Waals surface area contributed by atoms with E-state index in [-0.39, 0.29) is 13.2 Å². The number of nitrogens with zero attached hydrogens (tertiary/aromatic N) is 1. The molecular formula is C20H22BrN3O4. The molecule has 0 aromatic heterocycles. The van der Waals surface area contributed by atoms with E-state index in [9.17, 15) is 4.79 Å². The van der Waals surface area contributed by atoms with E-state index in [0.717, 1.165) is 15.6 Å². The Morgan fingerprint density at radius 3 is 2.71 bits per heavy atom. The van der Waals surface area contributed by atoms with Crippen LogP contribution in [-0.4, -0.2) is 42.3 Å². The third kappa shape index (κ3) is 4.52. The molecule has 0 fully saturated rings. The normalized spacial score (nSPS) is 18.3. The van der Waals surface area contributed by atoms with Crippen molar-refractivity contribution < 1.29 is 19.4 Å². The number of nitrogens with two attached hydrogens (primary N) is 1. The van der Waals surface area contributed by atoms with E-state index in [4.69, 9.17) is 20.4 Å². The van der Waals surface area contributed by atoms with Gasteiger partial charge in [-0.1, -0.05) is 34.1 Å². The van der Waals surface area contributed by atoms with Gasteiger partial charge < -0.3 is 14.6 Å². The molecule has 1 amide bonds. The summed E-state index contributed by atoms with van der Waals surface area (Å²) in [5, 5.41) is 8.81. The number of hydrogen-bond acceptors (Lipinski definition) is 6. The zero-order chi connectivity index (χ0) is 20.0. The second-order valence-electron chi connectivity index (χ2n) is 6.43. The molecule has 28 heavy (non-hydrogen) atoms. The number of aliphatic hydroxyl groups is 1. The lowest BCUT2D eigenvalue weighted by Gasteiger charge is -2.22. The number of halogens is 1. The zero-order valence-electron chi connectivity index (χ0n) is 15.2. The van der Waals surface area contributed by atoms with Crippen molar-refractivity contribution in [2.75, 3.05) is 19.8 Å². The predicted molar refractivity (Wildman–Crippen MR) is 109 cm³/mol. The van der Waals surface area contributed by atoms with Crippen molar-refractivity contribution in [3.05, 3.63) is 64.1 Å². The van der Waals surface area contributed by atoms with Gasteiger partial charge in [0.05, 0.1) is 6.61 Å². The number of amides is 1. The fraction of sp³-hybridized carbons (Fsp3) is 0.300. The molecule has 1 aliphatic heterocycles. The number of carbonyl (C=O) groups excluding carboxylic acids is 1. The smallest absolute Gasteiger partial charge is 0.265 e. The second-order valence-corrected chi connectivity index (χ2v) is 7.28. The van der Waals surface area contributed by atoms with Gasteiger partial charge in [0.2, 0.25) is 5.90 Å². The first-order chi connectivity index (χ1) is 13.6. The first-order valence-electron chi connectivity index (χ1n) is 8.89. The van der Waals surface area contributed by atoms with Crippen molar-refractivity contribution >= 4 is 27.7 Å². The molecule has 148 valence electrons. The molecule has 1 atom stereocenters. The number of carbonyl (C=O) groups is 1. The molecule has 7 nitrogen and oxygen atoms in total. The van der Waals surface area contributed by atoms with Crippen molar-refractivity contribution in [2.45, 2.75) is 18.4 Å². The van der Waals surface area contributed by atoms with Crippen LogP contribution in [0.1, 0.15) is 17.5 Å². The predicted octanol–water partition coefficient (Wildman–Crippen LogP) is 1.96. The Labute approximate surface area is 171 Å². The quantitative estimate of drug-likeness (QED) is 0.248. The van der Waals surface area contributed by atoms with Crippen LogP contribution in [0.15, 0.2) is 58.0 Å². The molecule has 2 aromatic rings. The van der Waals surface area contributed by atoms with Crippen molar-refractivity contribution in [1.82, 2.24) is 5.43 Å². The number of nitrogens with one attached hydrogen (secondary N) is 1. The van der Waals surface area contributed by atoms with Gasteiger partial charge in [-0.05, 0) is 35.9 Å². The average molecular weight is 448 g/mol. The van der Waals surface area contributed by atoms with Gasteiger partial charge in [0, 0.05) is 29.5 Å². The van der Waals surface area contributed by atoms with Crippen LogP contribution in [0.2, 0.25) is 0 Å². The van der Waals surface area contributed by atoms with Crippen LogP contribution in [0, 0.1) is 0 Å². The monoisotopic (exact) mass is 447 g/mol. The summed E-state index contributed by atoms with van der Waals surface area (Å²) in [6.07, 6.45) is 0.923. The minimum absolute atomic E-state index is 0.0888. The van der Waals surface area contributed by atoms with E-state index in [0.29, 0.717) is 31.1 Å². The Morgan fingerprint density at radius 1 is 1.29 bits per heavy atom. The third-order valence-electron chi connectivity index (χ3n) is 4.43. The van der Waals surface area contributed by atoms with Crippen LogP contribution >= 0.6 is 15.9 Å². The maximum absolute atomic E-state index is 12.6. The van der Waals surface area contributed by atoms with E-state index in [1.54, 1.807) is 12.1 Å². The van der Waals surface area contributed by atoms with Gasteiger partial charge >= 0.3 is 0 Å². The van der Waals surface area contributed by atoms with Gasteiger partial charge in [-0.25, -0.2) is 10.8 Å². The van der Waals surface area contributed by atoms with E-state index in [1.165, 1.54) is 0 Å². The first kappa shape index (κ1) is 20.3. The van der Waals surface area contributed by atoms with Gasteiger partial charge in [-0.15, -0.1) is 0 Å². The second kappa shape index (κ2) is 9.18. The summed E-state index contributed by atoms with van der Waals surface area (Å²) < 4.78 is 12.2. The summed E-state index contributed by atoms with van der Waals surface area (Å²) in [5.41, 5.74) is 2.76. The highest BCUT2D eigenvalue weighted by Gasteiger charge is 2.44.